The lowest BCUT2D eigenvalue weighted by molar-refractivity contribution is -0.386. The van der Waals surface area contributed by atoms with Crippen LogP contribution in [-0.2, 0) is 13.0 Å². The Morgan fingerprint density at radius 3 is 2.76 bits per heavy atom. The summed E-state index contributed by atoms with van der Waals surface area (Å²) in [7, 11) is 0. The summed E-state index contributed by atoms with van der Waals surface area (Å²) < 4.78 is 6.34. The lowest BCUT2D eigenvalue weighted by Gasteiger charge is -2.11. The first kappa shape index (κ1) is 13.8. The Hall–Kier alpha value is -2.14. The van der Waals surface area contributed by atoms with E-state index in [0.29, 0.717) is 23.1 Å². The molecular weight excluding hydrogens is 334 g/mol. The average molecular weight is 346 g/mol. The summed E-state index contributed by atoms with van der Waals surface area (Å²) in [5, 5.41) is 11.4. The molecule has 106 valence electrons. The maximum Gasteiger partial charge on any atom is 0.319 e. The van der Waals surface area contributed by atoms with Gasteiger partial charge in [-0.05, 0) is 39.5 Å². The molecule has 5 heteroatoms. The molecule has 1 aliphatic rings. The van der Waals surface area contributed by atoms with E-state index in [1.807, 2.05) is 42.5 Å². The van der Waals surface area contributed by atoms with Crippen LogP contribution in [0.3, 0.4) is 0 Å². The van der Waals surface area contributed by atoms with Gasteiger partial charge in [0, 0.05) is 0 Å². The molecule has 0 fully saturated rings. The van der Waals surface area contributed by atoms with Crippen molar-refractivity contribution in [1.82, 2.24) is 0 Å². The van der Waals surface area contributed by atoms with Crippen molar-refractivity contribution >= 4 is 27.7 Å². The lowest BCUT2D eigenvalue weighted by atomic mass is 10.1. The molecule has 0 atom stereocenters. The zero-order chi connectivity index (χ0) is 14.8. The van der Waals surface area contributed by atoms with E-state index in [1.54, 1.807) is 6.08 Å². The number of benzene rings is 2. The quantitative estimate of drug-likeness (QED) is 0.605. The number of allylic oxidation sites excluding steroid dienone is 1. The molecule has 0 heterocycles. The molecule has 21 heavy (non-hydrogen) atoms. The maximum atomic E-state index is 11.4. The molecule has 0 spiro atoms. The van der Waals surface area contributed by atoms with Gasteiger partial charge in [0.25, 0.3) is 0 Å². The van der Waals surface area contributed by atoms with Crippen molar-refractivity contribution < 1.29 is 9.66 Å². The van der Waals surface area contributed by atoms with Crippen LogP contribution in [0.4, 0.5) is 5.69 Å². The fraction of sp³-hybridized carbons (Fsp3) is 0.125. The Kier molecular flexibility index (Phi) is 3.75. The second-order valence-corrected chi connectivity index (χ2v) is 5.60. The second-order valence-electron chi connectivity index (χ2n) is 4.75. The maximum absolute atomic E-state index is 11.4. The van der Waals surface area contributed by atoms with Gasteiger partial charge in [0.1, 0.15) is 6.61 Å². The van der Waals surface area contributed by atoms with E-state index < -0.39 is 0 Å². The fourth-order valence-corrected chi connectivity index (χ4v) is 2.97. The van der Waals surface area contributed by atoms with Crippen LogP contribution in [0.5, 0.6) is 5.75 Å². The molecule has 0 unspecified atom stereocenters. The molecule has 0 aromatic heterocycles. The van der Waals surface area contributed by atoms with Crippen LogP contribution in [0.2, 0.25) is 0 Å². The van der Waals surface area contributed by atoms with Gasteiger partial charge in [-0.2, -0.15) is 0 Å². The normalized spacial score (nSPS) is 12.2. The minimum Gasteiger partial charge on any atom is -0.481 e. The molecule has 2 aromatic carbocycles. The van der Waals surface area contributed by atoms with E-state index in [4.69, 9.17) is 4.74 Å². The molecule has 1 aliphatic carbocycles. The highest BCUT2D eigenvalue weighted by atomic mass is 79.9. The number of ether oxygens (including phenoxy) is 1. The van der Waals surface area contributed by atoms with Crippen molar-refractivity contribution in [1.29, 1.82) is 0 Å². The summed E-state index contributed by atoms with van der Waals surface area (Å²) in [5.41, 5.74) is 2.59. The number of halogens is 1. The van der Waals surface area contributed by atoms with Gasteiger partial charge >= 0.3 is 5.69 Å². The first-order valence-electron chi connectivity index (χ1n) is 6.50. The van der Waals surface area contributed by atoms with E-state index >= 15 is 0 Å². The predicted molar refractivity (Wildman–Crippen MR) is 84.3 cm³/mol. The molecule has 2 aromatic rings. The Morgan fingerprint density at radius 2 is 2.05 bits per heavy atom. The van der Waals surface area contributed by atoms with Crippen molar-refractivity contribution in [3.8, 4) is 5.75 Å². The van der Waals surface area contributed by atoms with Crippen LogP contribution in [0.25, 0.3) is 6.08 Å². The summed E-state index contributed by atoms with van der Waals surface area (Å²) in [4.78, 5) is 11.0. The van der Waals surface area contributed by atoms with Gasteiger partial charge in [-0.3, -0.25) is 10.1 Å². The average Bonchev–Trinajstić information content (AvgIpc) is 2.92. The van der Waals surface area contributed by atoms with Crippen LogP contribution in [-0.4, -0.2) is 4.92 Å². The van der Waals surface area contributed by atoms with Gasteiger partial charge in [-0.1, -0.05) is 42.5 Å². The number of hydrogen-bond acceptors (Lipinski definition) is 3. The Morgan fingerprint density at radius 1 is 1.29 bits per heavy atom. The first-order valence-corrected chi connectivity index (χ1v) is 7.29. The van der Waals surface area contributed by atoms with Gasteiger partial charge < -0.3 is 4.74 Å². The second kappa shape index (κ2) is 5.69. The summed E-state index contributed by atoms with van der Waals surface area (Å²) >= 11 is 3.39. The highest BCUT2D eigenvalue weighted by Gasteiger charge is 2.27. The van der Waals surface area contributed by atoms with Crippen LogP contribution in [0.1, 0.15) is 16.7 Å². The summed E-state index contributed by atoms with van der Waals surface area (Å²) in [6.07, 6.45) is 4.42. The number of rotatable bonds is 4. The van der Waals surface area contributed by atoms with Gasteiger partial charge in [0.2, 0.25) is 5.75 Å². The van der Waals surface area contributed by atoms with Crippen LogP contribution >= 0.6 is 15.9 Å². The summed E-state index contributed by atoms with van der Waals surface area (Å²) in [6, 6.07) is 11.5. The topological polar surface area (TPSA) is 52.4 Å². The van der Waals surface area contributed by atoms with E-state index in [2.05, 4.69) is 15.9 Å². The number of nitrogens with zero attached hydrogens (tertiary/aromatic N) is 1. The number of nitro benzene ring substituents is 1. The molecule has 0 amide bonds. The zero-order valence-electron chi connectivity index (χ0n) is 11.1. The van der Waals surface area contributed by atoms with Gasteiger partial charge in [-0.25, -0.2) is 0 Å². The van der Waals surface area contributed by atoms with Crippen molar-refractivity contribution in [2.45, 2.75) is 13.0 Å². The molecule has 0 radical (unpaired) electrons. The third-order valence-electron chi connectivity index (χ3n) is 3.36. The third-order valence-corrected chi connectivity index (χ3v) is 3.95. The number of nitro groups is 1. The summed E-state index contributed by atoms with van der Waals surface area (Å²) in [6.45, 7) is 0.294. The molecular formula is C16H12BrNO3. The van der Waals surface area contributed by atoms with Crippen molar-refractivity contribution in [2.75, 3.05) is 0 Å². The monoisotopic (exact) mass is 345 g/mol. The van der Waals surface area contributed by atoms with Crippen molar-refractivity contribution in [3.63, 3.8) is 0 Å². The summed E-state index contributed by atoms with van der Waals surface area (Å²) in [5.74, 6) is 0.286. The van der Waals surface area contributed by atoms with Gasteiger partial charge in [0.15, 0.2) is 0 Å². The minimum absolute atomic E-state index is 0.0315. The lowest BCUT2D eigenvalue weighted by Crippen LogP contribution is -2.02. The largest absolute Gasteiger partial charge is 0.481 e. The SMILES string of the molecule is O=[N+]([O-])c1c2c(cc(Br)c1OCc1ccccc1)CC=C2. The van der Waals surface area contributed by atoms with E-state index in [1.165, 1.54) is 0 Å². The third kappa shape index (κ3) is 2.69. The first-order chi connectivity index (χ1) is 10.2. The molecule has 0 bridgehead atoms. The molecule has 3 rings (SSSR count). The van der Waals surface area contributed by atoms with E-state index in [-0.39, 0.29) is 16.4 Å². The minimum atomic E-state index is -0.375. The number of hydrogen-bond donors (Lipinski definition) is 0. The van der Waals surface area contributed by atoms with Crippen LogP contribution in [0.15, 0.2) is 46.9 Å². The molecule has 0 saturated heterocycles. The molecule has 0 aliphatic heterocycles. The van der Waals surface area contributed by atoms with Gasteiger partial charge in [-0.15, -0.1) is 0 Å². The smallest absolute Gasteiger partial charge is 0.319 e. The van der Waals surface area contributed by atoms with Gasteiger partial charge in [0.05, 0.1) is 15.0 Å². The molecule has 4 nitrogen and oxygen atoms in total. The van der Waals surface area contributed by atoms with Crippen molar-refractivity contribution in [3.05, 3.63) is 73.8 Å². The predicted octanol–water partition coefficient (Wildman–Crippen LogP) is 4.51. The highest BCUT2D eigenvalue weighted by Crippen LogP contribution is 2.43. The van der Waals surface area contributed by atoms with E-state index in [0.717, 1.165) is 11.1 Å². The van der Waals surface area contributed by atoms with Crippen LogP contribution < -0.4 is 4.74 Å². The molecule has 0 N–H and O–H groups in total. The van der Waals surface area contributed by atoms with Crippen molar-refractivity contribution in [2.24, 2.45) is 0 Å². The Labute approximate surface area is 130 Å². The van der Waals surface area contributed by atoms with E-state index in [9.17, 15) is 10.1 Å². The zero-order valence-corrected chi connectivity index (χ0v) is 12.7. The molecule has 0 saturated carbocycles. The number of fused-ring (bicyclic) bond motifs is 1. The standard InChI is InChI=1S/C16H12BrNO3/c17-14-9-12-7-4-8-13(12)15(18(19)20)16(14)21-10-11-5-2-1-3-6-11/h1-6,8-9H,7,10H2. The Balaban J connectivity index is 1.98. The van der Waals surface area contributed by atoms with Crippen LogP contribution in [0, 0.1) is 10.1 Å². The fourth-order valence-electron chi connectivity index (χ4n) is 2.39. The highest BCUT2D eigenvalue weighted by molar-refractivity contribution is 9.10. The Bertz CT molecular complexity index is 726.